The van der Waals surface area contributed by atoms with E-state index in [1.807, 2.05) is 43.0 Å². The number of carbonyl (C=O) groups is 1. The number of aromatic nitrogens is 1. The lowest BCUT2D eigenvalue weighted by atomic mass is 10.0. The van der Waals surface area contributed by atoms with Crippen LogP contribution in [0.25, 0.3) is 10.9 Å². The third-order valence-corrected chi connectivity index (χ3v) is 5.57. The fourth-order valence-electron chi connectivity index (χ4n) is 3.88. The summed E-state index contributed by atoms with van der Waals surface area (Å²) in [5.41, 5.74) is 11.0. The van der Waals surface area contributed by atoms with Gasteiger partial charge in [0.15, 0.2) is 0 Å². The van der Waals surface area contributed by atoms with Crippen LogP contribution in [-0.2, 0) is 18.0 Å². The van der Waals surface area contributed by atoms with Gasteiger partial charge in [-0.25, -0.2) is 4.98 Å². The molecule has 1 aliphatic heterocycles. The lowest BCUT2D eigenvalue weighted by molar-refractivity contribution is 0.0702. The number of hydrogen-bond acceptors (Lipinski definition) is 5. The van der Waals surface area contributed by atoms with Gasteiger partial charge in [-0.15, -0.1) is 0 Å². The Morgan fingerprint density at radius 2 is 1.97 bits per heavy atom. The molecule has 0 fully saturated rings. The van der Waals surface area contributed by atoms with E-state index in [2.05, 4.69) is 11.1 Å². The number of rotatable bonds is 4. The van der Waals surface area contributed by atoms with E-state index in [0.717, 1.165) is 27.6 Å². The van der Waals surface area contributed by atoms with E-state index in [1.54, 1.807) is 18.2 Å². The molecule has 2 heterocycles. The highest BCUT2D eigenvalue weighted by Crippen LogP contribution is 2.32. The first kappa shape index (κ1) is 18.9. The van der Waals surface area contributed by atoms with Crippen LogP contribution in [0.4, 0.5) is 5.82 Å². The normalized spacial score (nSPS) is 13.7. The highest BCUT2D eigenvalue weighted by atomic mass is 16.5. The molecule has 6 heteroatoms. The zero-order valence-corrected chi connectivity index (χ0v) is 16.5. The summed E-state index contributed by atoms with van der Waals surface area (Å²) in [6.45, 7) is 5.47. The minimum atomic E-state index is -0.116. The smallest absolute Gasteiger partial charge is 0.254 e. The van der Waals surface area contributed by atoms with E-state index in [-0.39, 0.29) is 11.9 Å². The molecule has 0 bridgehead atoms. The number of anilines is 1. The van der Waals surface area contributed by atoms with Crippen LogP contribution >= 0.6 is 0 Å². The van der Waals surface area contributed by atoms with Gasteiger partial charge in [-0.3, -0.25) is 4.79 Å². The second-order valence-electron chi connectivity index (χ2n) is 7.18. The highest BCUT2D eigenvalue weighted by molar-refractivity contribution is 5.99. The lowest BCUT2D eigenvalue weighted by Crippen LogP contribution is -2.33. The zero-order valence-electron chi connectivity index (χ0n) is 16.5. The number of amides is 1. The van der Waals surface area contributed by atoms with E-state index in [4.69, 9.17) is 15.7 Å². The summed E-state index contributed by atoms with van der Waals surface area (Å²) in [5.74, 6) is 0.449. The van der Waals surface area contributed by atoms with Gasteiger partial charge in [-0.1, -0.05) is 12.1 Å². The van der Waals surface area contributed by atoms with Gasteiger partial charge in [-0.2, -0.15) is 5.26 Å². The Hall–Kier alpha value is -3.43. The third-order valence-electron chi connectivity index (χ3n) is 5.57. The lowest BCUT2D eigenvalue weighted by Gasteiger charge is -2.28. The Morgan fingerprint density at radius 1 is 1.24 bits per heavy atom. The molecule has 1 amide bonds. The fourth-order valence-corrected chi connectivity index (χ4v) is 3.88. The van der Waals surface area contributed by atoms with Gasteiger partial charge in [-0.05, 0) is 55.3 Å². The molecule has 0 radical (unpaired) electrons. The minimum Gasteiger partial charge on any atom is -0.383 e. The number of ether oxygens (including phenoxy) is 1. The zero-order chi connectivity index (χ0) is 20.5. The Kier molecular flexibility index (Phi) is 4.91. The average Bonchev–Trinajstić information content (AvgIpc) is 3.25. The van der Waals surface area contributed by atoms with Crippen molar-refractivity contribution in [3.8, 4) is 6.07 Å². The number of nitrogens with two attached hydrogens (primary N) is 1. The number of carbonyl (C=O) groups excluding carboxylic acids is 1. The maximum Gasteiger partial charge on any atom is 0.254 e. The summed E-state index contributed by atoms with van der Waals surface area (Å²) in [6.07, 6.45) is 0. The Morgan fingerprint density at radius 3 is 2.66 bits per heavy atom. The van der Waals surface area contributed by atoms with E-state index in [0.29, 0.717) is 36.7 Å². The molecule has 0 aliphatic carbocycles. The second-order valence-corrected chi connectivity index (χ2v) is 7.18. The van der Waals surface area contributed by atoms with Gasteiger partial charge < -0.3 is 15.4 Å². The molecule has 0 unspecified atom stereocenters. The van der Waals surface area contributed by atoms with Crippen molar-refractivity contribution in [1.82, 2.24) is 9.88 Å². The molecule has 0 saturated carbocycles. The predicted octanol–water partition coefficient (Wildman–Crippen LogP) is 3.94. The molecule has 0 spiro atoms. The summed E-state index contributed by atoms with van der Waals surface area (Å²) in [7, 11) is 0. The number of nitrogen functional groups attached to an aromatic ring is 1. The van der Waals surface area contributed by atoms with Crippen LogP contribution in [0.15, 0.2) is 42.5 Å². The van der Waals surface area contributed by atoms with Crippen molar-refractivity contribution in [2.75, 3.05) is 12.3 Å². The Labute approximate surface area is 169 Å². The minimum absolute atomic E-state index is 0.0456. The molecule has 29 heavy (non-hydrogen) atoms. The average molecular weight is 386 g/mol. The van der Waals surface area contributed by atoms with Crippen LogP contribution in [0.3, 0.4) is 0 Å². The molecule has 3 aromatic rings. The summed E-state index contributed by atoms with van der Waals surface area (Å²) in [5, 5.41) is 9.91. The number of benzene rings is 2. The van der Waals surface area contributed by atoms with Gasteiger partial charge in [0.1, 0.15) is 5.82 Å². The van der Waals surface area contributed by atoms with Crippen molar-refractivity contribution in [3.63, 3.8) is 0 Å². The van der Waals surface area contributed by atoms with Gasteiger partial charge in [0.2, 0.25) is 0 Å². The van der Waals surface area contributed by atoms with Crippen LogP contribution in [0.5, 0.6) is 0 Å². The van der Waals surface area contributed by atoms with Gasteiger partial charge >= 0.3 is 0 Å². The molecule has 1 atom stereocenters. The molecule has 1 aromatic heterocycles. The van der Waals surface area contributed by atoms with Crippen molar-refractivity contribution in [1.29, 1.82) is 5.26 Å². The largest absolute Gasteiger partial charge is 0.383 e. The van der Waals surface area contributed by atoms with Gasteiger partial charge in [0.05, 0.1) is 36.4 Å². The van der Waals surface area contributed by atoms with Gasteiger partial charge in [0.25, 0.3) is 5.91 Å². The van der Waals surface area contributed by atoms with Crippen molar-refractivity contribution in [2.45, 2.75) is 33.1 Å². The Balaban J connectivity index is 1.69. The summed E-state index contributed by atoms with van der Waals surface area (Å²) < 4.78 is 5.55. The number of pyridine rings is 1. The van der Waals surface area contributed by atoms with Crippen molar-refractivity contribution in [2.24, 2.45) is 0 Å². The summed E-state index contributed by atoms with van der Waals surface area (Å²) >= 11 is 0. The molecular formula is C23H22N4O2. The molecule has 4 rings (SSSR count). The fraction of sp³-hybridized carbons (Fsp3) is 0.261. The topological polar surface area (TPSA) is 92.2 Å². The molecule has 2 N–H and O–H groups in total. The van der Waals surface area contributed by atoms with E-state index >= 15 is 0 Å². The van der Waals surface area contributed by atoms with Gasteiger partial charge in [0, 0.05) is 23.1 Å². The van der Waals surface area contributed by atoms with E-state index < -0.39 is 0 Å². The van der Waals surface area contributed by atoms with Crippen LogP contribution < -0.4 is 5.73 Å². The van der Waals surface area contributed by atoms with Crippen LogP contribution in [0.1, 0.15) is 52.5 Å². The second kappa shape index (κ2) is 7.53. The third kappa shape index (κ3) is 3.30. The maximum absolute atomic E-state index is 13.3. The van der Waals surface area contributed by atoms with Crippen LogP contribution in [0, 0.1) is 11.3 Å². The molecule has 2 aromatic carbocycles. The molecule has 1 aliphatic rings. The number of hydrogen-bond donors (Lipinski definition) is 1. The number of nitriles is 1. The summed E-state index contributed by atoms with van der Waals surface area (Å²) in [6, 6.07) is 14.9. The SMILES string of the molecule is CCN(C(=O)c1ccc2nc(N)c3c(c2c1)COC3)[C@H](C)c1ccc(C#N)cc1. The highest BCUT2D eigenvalue weighted by Gasteiger charge is 2.24. The van der Waals surface area contributed by atoms with Crippen molar-refractivity contribution >= 4 is 22.6 Å². The van der Waals surface area contributed by atoms with Crippen molar-refractivity contribution in [3.05, 3.63) is 70.3 Å². The number of nitrogens with zero attached hydrogens (tertiary/aromatic N) is 3. The molecule has 146 valence electrons. The molecular weight excluding hydrogens is 364 g/mol. The van der Waals surface area contributed by atoms with Crippen LogP contribution in [0.2, 0.25) is 0 Å². The Bertz CT molecular complexity index is 1130. The quantitative estimate of drug-likeness (QED) is 0.733. The van der Waals surface area contributed by atoms with E-state index in [9.17, 15) is 4.79 Å². The predicted molar refractivity (Wildman–Crippen MR) is 111 cm³/mol. The maximum atomic E-state index is 13.3. The van der Waals surface area contributed by atoms with Crippen molar-refractivity contribution < 1.29 is 9.53 Å². The standard InChI is InChI=1S/C23H22N4O2/c1-3-27(14(2)16-6-4-15(11-24)5-7-16)23(28)17-8-9-21-18(10-17)19-12-29-13-20(19)22(25)26-21/h4-10,14H,3,12-13H2,1-2H3,(H2,25,26)/t14-/m1/s1. The first-order valence-corrected chi connectivity index (χ1v) is 9.63. The summed E-state index contributed by atoms with van der Waals surface area (Å²) in [4.78, 5) is 19.6. The van der Waals surface area contributed by atoms with Crippen LogP contribution in [-0.4, -0.2) is 22.3 Å². The monoisotopic (exact) mass is 386 g/mol. The van der Waals surface area contributed by atoms with E-state index in [1.165, 1.54) is 0 Å². The molecule has 6 nitrogen and oxygen atoms in total. The molecule has 0 saturated heterocycles. The first-order valence-electron chi connectivity index (χ1n) is 9.63. The number of fused-ring (bicyclic) bond motifs is 3. The first-order chi connectivity index (χ1) is 14.0.